The molecule has 0 radical (unpaired) electrons. The second kappa shape index (κ2) is 13.0. The van der Waals surface area contributed by atoms with Crippen molar-refractivity contribution in [1.29, 1.82) is 0 Å². The number of ether oxygens (including phenoxy) is 2. The third-order valence-corrected chi connectivity index (χ3v) is 8.59. The van der Waals surface area contributed by atoms with Crippen LogP contribution in [0.15, 0.2) is 18.2 Å². The maximum atomic E-state index is 12.7. The molecule has 2 aromatic heterocycles. The lowest BCUT2D eigenvalue weighted by atomic mass is 9.79. The molecule has 2 aromatic rings. The number of pyridine rings is 1. The van der Waals surface area contributed by atoms with Crippen molar-refractivity contribution < 1.29 is 24.2 Å². The number of anilines is 1. The molecule has 1 aliphatic heterocycles. The lowest BCUT2D eigenvalue weighted by molar-refractivity contribution is -0.140. The summed E-state index contributed by atoms with van der Waals surface area (Å²) < 4.78 is 13.6. The van der Waals surface area contributed by atoms with Crippen LogP contribution in [0.4, 0.5) is 10.6 Å². The maximum Gasteiger partial charge on any atom is 0.408 e. The second-order valence-electron chi connectivity index (χ2n) is 11.7. The molecule has 0 bridgehead atoms. The monoisotopic (exact) mass is 553 g/mol. The van der Waals surface area contributed by atoms with E-state index < -0.39 is 18.1 Å². The fraction of sp³-hybridized carbons (Fsp3) is 0.667. The van der Waals surface area contributed by atoms with Crippen LogP contribution in [0.25, 0.3) is 0 Å². The molecule has 40 heavy (non-hydrogen) atoms. The summed E-state index contributed by atoms with van der Waals surface area (Å²) in [6, 6.07) is 5.28. The lowest BCUT2D eigenvalue weighted by Gasteiger charge is -2.35. The molecule has 3 aliphatic rings. The van der Waals surface area contributed by atoms with Gasteiger partial charge in [0.1, 0.15) is 18.0 Å². The van der Waals surface area contributed by atoms with Crippen molar-refractivity contribution in [3.8, 4) is 0 Å². The average molecular weight is 554 g/mol. The highest BCUT2D eigenvalue weighted by Gasteiger charge is 2.33. The van der Waals surface area contributed by atoms with Crippen LogP contribution < -0.4 is 10.6 Å². The van der Waals surface area contributed by atoms with Gasteiger partial charge in [0.2, 0.25) is 0 Å². The summed E-state index contributed by atoms with van der Waals surface area (Å²) in [6.45, 7) is 5.23. The molecule has 2 aliphatic carbocycles. The van der Waals surface area contributed by atoms with Crippen molar-refractivity contribution in [2.45, 2.75) is 109 Å². The highest BCUT2D eigenvalue weighted by molar-refractivity contribution is 5.79. The number of carbonyl (C=O) groups is 2. The quantitative estimate of drug-likeness (QED) is 0.364. The van der Waals surface area contributed by atoms with Gasteiger partial charge in [-0.1, -0.05) is 12.5 Å². The Kier molecular flexibility index (Phi) is 9.24. The Morgan fingerprint density at radius 1 is 1.20 bits per heavy atom. The van der Waals surface area contributed by atoms with Gasteiger partial charge in [-0.3, -0.25) is 4.68 Å². The van der Waals surface area contributed by atoms with Crippen LogP contribution >= 0.6 is 0 Å². The van der Waals surface area contributed by atoms with Crippen molar-refractivity contribution >= 4 is 17.9 Å². The Labute approximate surface area is 236 Å². The molecule has 5 rings (SSSR count). The summed E-state index contributed by atoms with van der Waals surface area (Å²) in [5.74, 6) is 0.563. The summed E-state index contributed by atoms with van der Waals surface area (Å²) in [6.07, 6.45) is 9.20. The summed E-state index contributed by atoms with van der Waals surface area (Å²) >= 11 is 0. The van der Waals surface area contributed by atoms with Crippen LogP contribution in [0.1, 0.15) is 86.5 Å². The SMILES string of the molecule is Cc1cc(C)n([C@@H]2CCCC[C@H]2OC(=O)NC(CCOC2CC(CCc3ccc4c(n3)NCCC4)C2)C(=O)O)n1. The van der Waals surface area contributed by atoms with Crippen LogP contribution in [0.5, 0.6) is 0 Å². The fourth-order valence-electron chi connectivity index (χ4n) is 6.31. The van der Waals surface area contributed by atoms with E-state index in [0.29, 0.717) is 5.92 Å². The van der Waals surface area contributed by atoms with E-state index in [1.54, 1.807) is 0 Å². The molecule has 0 saturated heterocycles. The molecule has 2 saturated carbocycles. The second-order valence-corrected chi connectivity index (χ2v) is 11.7. The Balaban J connectivity index is 1.01. The zero-order chi connectivity index (χ0) is 28.1. The van der Waals surface area contributed by atoms with Gasteiger partial charge in [0.25, 0.3) is 0 Å². The molecular weight excluding hydrogens is 510 g/mol. The fourth-order valence-corrected chi connectivity index (χ4v) is 6.31. The van der Waals surface area contributed by atoms with E-state index in [1.165, 1.54) is 5.56 Å². The van der Waals surface area contributed by atoms with Crippen LogP contribution in [-0.4, -0.2) is 63.3 Å². The molecule has 1 amide bonds. The summed E-state index contributed by atoms with van der Waals surface area (Å²) in [7, 11) is 0. The number of nitrogens with one attached hydrogen (secondary N) is 2. The highest BCUT2D eigenvalue weighted by atomic mass is 16.6. The molecule has 2 fully saturated rings. The summed E-state index contributed by atoms with van der Waals surface area (Å²) in [5.41, 5.74) is 4.41. The van der Waals surface area contributed by atoms with E-state index >= 15 is 0 Å². The number of hydrogen-bond acceptors (Lipinski definition) is 7. The third kappa shape index (κ3) is 7.13. The van der Waals surface area contributed by atoms with Crippen LogP contribution in [0.3, 0.4) is 0 Å². The minimum absolute atomic E-state index is 0.0360. The topological polar surface area (TPSA) is 128 Å². The number of carboxylic acid groups (broad SMARTS) is 1. The van der Waals surface area contributed by atoms with Crippen molar-refractivity contribution in [3.05, 3.63) is 40.8 Å². The first-order chi connectivity index (χ1) is 19.4. The Hall–Kier alpha value is -3.14. The number of carbonyl (C=O) groups excluding carboxylic acids is 1. The van der Waals surface area contributed by atoms with E-state index in [0.717, 1.165) is 93.7 Å². The number of carboxylic acids is 1. The number of aromatic nitrogens is 3. The van der Waals surface area contributed by atoms with Gasteiger partial charge < -0.3 is 25.2 Å². The van der Waals surface area contributed by atoms with Crippen LogP contribution in [-0.2, 0) is 27.1 Å². The first-order valence-electron chi connectivity index (χ1n) is 14.9. The zero-order valence-electron chi connectivity index (χ0n) is 23.7. The number of rotatable bonds is 11. The Morgan fingerprint density at radius 2 is 2.02 bits per heavy atom. The smallest absolute Gasteiger partial charge is 0.408 e. The largest absolute Gasteiger partial charge is 0.480 e. The van der Waals surface area contributed by atoms with Gasteiger partial charge in [-0.15, -0.1) is 0 Å². The molecule has 3 atom stereocenters. The molecule has 10 nitrogen and oxygen atoms in total. The predicted molar refractivity (Wildman–Crippen MR) is 150 cm³/mol. The molecule has 10 heteroatoms. The first kappa shape index (κ1) is 28.4. The van der Waals surface area contributed by atoms with Gasteiger partial charge in [0, 0.05) is 31.0 Å². The van der Waals surface area contributed by atoms with E-state index in [1.807, 2.05) is 24.6 Å². The van der Waals surface area contributed by atoms with Gasteiger partial charge >= 0.3 is 12.1 Å². The average Bonchev–Trinajstić information content (AvgIpc) is 3.26. The lowest BCUT2D eigenvalue weighted by Crippen LogP contribution is -2.45. The van der Waals surface area contributed by atoms with Crippen molar-refractivity contribution in [3.63, 3.8) is 0 Å². The maximum absolute atomic E-state index is 12.7. The van der Waals surface area contributed by atoms with E-state index in [4.69, 9.17) is 14.5 Å². The number of hydrogen-bond donors (Lipinski definition) is 3. The van der Waals surface area contributed by atoms with Crippen LogP contribution in [0, 0.1) is 19.8 Å². The normalized spacial score (nSPS) is 24.8. The number of fused-ring (bicyclic) bond motifs is 1. The molecule has 0 aromatic carbocycles. The predicted octanol–water partition coefficient (Wildman–Crippen LogP) is 4.73. The van der Waals surface area contributed by atoms with E-state index in [9.17, 15) is 14.7 Å². The summed E-state index contributed by atoms with van der Waals surface area (Å²) in [4.78, 5) is 29.3. The number of aliphatic carboxylic acids is 1. The molecule has 218 valence electrons. The molecule has 3 N–H and O–H groups in total. The minimum atomic E-state index is -1.09. The third-order valence-electron chi connectivity index (χ3n) is 8.59. The van der Waals surface area contributed by atoms with E-state index in [2.05, 4.69) is 27.9 Å². The standard InChI is InChI=1S/C30H43N5O5/c1-19-16-20(2)35(34-19)26-7-3-4-8-27(26)40-30(38)33-25(29(36)37)13-15-39-24-17-21(18-24)9-11-23-12-10-22-6-5-14-31-28(22)32-23/h10,12,16,21,24-27H,3-9,11,13-15,17-18H2,1-2H3,(H,31,32)(H,33,38)(H,36,37)/t21?,24?,25?,26-,27-/m1/s1. The zero-order valence-corrected chi connectivity index (χ0v) is 23.7. The van der Waals surface area contributed by atoms with Gasteiger partial charge in [-0.05, 0) is 95.2 Å². The highest BCUT2D eigenvalue weighted by Crippen LogP contribution is 2.34. The number of aryl methyl sites for hydroxylation is 4. The van der Waals surface area contributed by atoms with Crippen LogP contribution in [0.2, 0.25) is 0 Å². The molecule has 3 heterocycles. The Morgan fingerprint density at radius 3 is 2.80 bits per heavy atom. The van der Waals surface area contributed by atoms with Gasteiger partial charge in [0.15, 0.2) is 0 Å². The van der Waals surface area contributed by atoms with Gasteiger partial charge in [-0.25, -0.2) is 14.6 Å². The summed E-state index contributed by atoms with van der Waals surface area (Å²) in [5, 5.41) is 20.2. The van der Waals surface area contributed by atoms with Crippen molar-refractivity contribution in [2.24, 2.45) is 5.92 Å². The van der Waals surface area contributed by atoms with E-state index in [-0.39, 0.29) is 31.3 Å². The van der Waals surface area contributed by atoms with Gasteiger partial charge in [-0.2, -0.15) is 5.10 Å². The Bertz CT molecular complexity index is 1180. The van der Waals surface area contributed by atoms with Gasteiger partial charge in [0.05, 0.1) is 17.8 Å². The first-order valence-corrected chi connectivity index (χ1v) is 14.9. The molecule has 1 unspecified atom stereocenters. The molecule has 0 spiro atoms. The number of alkyl carbamates (subject to hydrolysis) is 1. The van der Waals surface area contributed by atoms with Crippen molar-refractivity contribution in [1.82, 2.24) is 20.1 Å². The number of amides is 1. The molecular formula is C30H43N5O5. The van der Waals surface area contributed by atoms with Crippen molar-refractivity contribution in [2.75, 3.05) is 18.5 Å². The minimum Gasteiger partial charge on any atom is -0.480 e. The number of nitrogens with zero attached hydrogens (tertiary/aromatic N) is 3.